The maximum absolute atomic E-state index is 13.0. The van der Waals surface area contributed by atoms with E-state index in [0.717, 1.165) is 23.7 Å². The van der Waals surface area contributed by atoms with Gasteiger partial charge in [-0.05, 0) is 36.8 Å². The zero-order valence-corrected chi connectivity index (χ0v) is 17.8. The van der Waals surface area contributed by atoms with Crippen molar-refractivity contribution in [3.05, 3.63) is 57.0 Å². The number of thioether (sulfide) groups is 1. The van der Waals surface area contributed by atoms with Crippen molar-refractivity contribution in [3.8, 4) is 0 Å². The molecule has 0 bridgehead atoms. The molecule has 3 aromatic rings. The van der Waals surface area contributed by atoms with Gasteiger partial charge in [-0.25, -0.2) is 4.98 Å². The van der Waals surface area contributed by atoms with Gasteiger partial charge in [0.2, 0.25) is 0 Å². The highest BCUT2D eigenvalue weighted by Crippen LogP contribution is 2.22. The normalized spacial score (nSPS) is 11.2. The molecule has 0 fully saturated rings. The van der Waals surface area contributed by atoms with E-state index in [9.17, 15) is 9.59 Å². The summed E-state index contributed by atoms with van der Waals surface area (Å²) in [4.78, 5) is 30.2. The number of nitrogens with zero attached hydrogens (tertiary/aromatic N) is 3. The number of benzene rings is 1. The maximum atomic E-state index is 13.0. The molecular weight excluding hydrogens is 426 g/mol. The monoisotopic (exact) mass is 447 g/mol. The van der Waals surface area contributed by atoms with Crippen LogP contribution in [0, 0.1) is 0 Å². The minimum absolute atomic E-state index is 0.0257. The summed E-state index contributed by atoms with van der Waals surface area (Å²) in [5.74, 6) is 0.276. The van der Waals surface area contributed by atoms with Gasteiger partial charge in [-0.15, -0.1) is 0 Å². The topological polar surface area (TPSA) is 56.9 Å². The van der Waals surface area contributed by atoms with Gasteiger partial charge in [0.25, 0.3) is 5.56 Å². The Morgan fingerprint density at radius 1 is 1.26 bits per heavy atom. The number of unbranched alkanes of at least 4 members (excludes halogenated alkanes) is 2. The first-order valence-electron chi connectivity index (χ1n) is 8.98. The summed E-state index contributed by atoms with van der Waals surface area (Å²) in [5.41, 5.74) is 1.27. The van der Waals surface area contributed by atoms with E-state index >= 15 is 0 Å². The van der Waals surface area contributed by atoms with Crippen LogP contribution in [0.1, 0.15) is 36.7 Å². The SMILES string of the molecule is CCCCCn1c(SCC(=O)c2cccn2C)nc2ccc(Br)cc2c1=O. The highest BCUT2D eigenvalue weighted by atomic mass is 79.9. The third kappa shape index (κ3) is 4.52. The van der Waals surface area contributed by atoms with Gasteiger partial charge in [-0.1, -0.05) is 47.5 Å². The standard InChI is InChI=1S/C20H22BrN3O2S/c1-3-4-5-11-24-19(26)15-12-14(21)8-9-16(15)22-20(24)27-13-18(25)17-7-6-10-23(17)2/h6-10,12H,3-5,11,13H2,1-2H3. The lowest BCUT2D eigenvalue weighted by Crippen LogP contribution is -2.24. The van der Waals surface area contributed by atoms with E-state index in [2.05, 4.69) is 27.8 Å². The summed E-state index contributed by atoms with van der Waals surface area (Å²) in [6, 6.07) is 9.18. The number of hydrogen-bond acceptors (Lipinski definition) is 4. The number of aryl methyl sites for hydroxylation is 1. The first-order valence-corrected chi connectivity index (χ1v) is 10.8. The molecule has 0 aliphatic heterocycles. The number of aromatic nitrogens is 3. The van der Waals surface area contributed by atoms with Gasteiger partial charge in [-0.2, -0.15) is 0 Å². The molecule has 0 aliphatic carbocycles. The number of rotatable bonds is 8. The van der Waals surface area contributed by atoms with Crippen molar-refractivity contribution in [2.24, 2.45) is 7.05 Å². The Labute approximate surface area is 170 Å². The first-order chi connectivity index (χ1) is 13.0. The van der Waals surface area contributed by atoms with Gasteiger partial charge in [-0.3, -0.25) is 14.2 Å². The minimum atomic E-state index is -0.0498. The van der Waals surface area contributed by atoms with Crippen LogP contribution in [0.25, 0.3) is 10.9 Å². The first kappa shape index (κ1) is 19.9. The largest absolute Gasteiger partial charge is 0.348 e. The van der Waals surface area contributed by atoms with Crippen LogP contribution in [0.4, 0.5) is 0 Å². The Morgan fingerprint density at radius 2 is 2.07 bits per heavy atom. The zero-order valence-electron chi connectivity index (χ0n) is 15.4. The second-order valence-electron chi connectivity index (χ2n) is 6.44. The lowest BCUT2D eigenvalue weighted by atomic mass is 10.2. The van der Waals surface area contributed by atoms with Crippen molar-refractivity contribution in [1.29, 1.82) is 0 Å². The van der Waals surface area contributed by atoms with Crippen molar-refractivity contribution in [2.75, 3.05) is 5.75 Å². The smallest absolute Gasteiger partial charge is 0.262 e. The van der Waals surface area contributed by atoms with E-state index in [1.807, 2.05) is 48.1 Å². The quantitative estimate of drug-likeness (QED) is 0.218. The molecule has 0 N–H and O–H groups in total. The Hall–Kier alpha value is -1.86. The van der Waals surface area contributed by atoms with E-state index in [4.69, 9.17) is 0 Å². The minimum Gasteiger partial charge on any atom is -0.348 e. The van der Waals surface area contributed by atoms with Crippen LogP contribution < -0.4 is 5.56 Å². The summed E-state index contributed by atoms with van der Waals surface area (Å²) in [7, 11) is 1.85. The predicted octanol–water partition coefficient (Wildman–Crippen LogP) is 4.66. The van der Waals surface area contributed by atoms with E-state index in [1.165, 1.54) is 11.8 Å². The Morgan fingerprint density at radius 3 is 2.78 bits per heavy atom. The third-order valence-electron chi connectivity index (χ3n) is 4.43. The van der Waals surface area contributed by atoms with Gasteiger partial charge in [0.1, 0.15) is 0 Å². The Balaban J connectivity index is 1.93. The molecule has 0 amide bonds. The van der Waals surface area contributed by atoms with E-state index in [1.54, 1.807) is 4.57 Å². The maximum Gasteiger partial charge on any atom is 0.262 e. The fourth-order valence-electron chi connectivity index (χ4n) is 2.95. The van der Waals surface area contributed by atoms with Gasteiger partial charge in [0, 0.05) is 24.3 Å². The molecule has 1 aromatic carbocycles. The van der Waals surface area contributed by atoms with Crippen LogP contribution in [-0.2, 0) is 13.6 Å². The van der Waals surface area contributed by atoms with Crippen LogP contribution >= 0.6 is 27.7 Å². The molecule has 0 aliphatic rings. The molecule has 5 nitrogen and oxygen atoms in total. The molecular formula is C20H22BrN3O2S. The zero-order chi connectivity index (χ0) is 19.4. The van der Waals surface area contributed by atoms with E-state index in [0.29, 0.717) is 28.3 Å². The van der Waals surface area contributed by atoms with Crippen LogP contribution in [0.2, 0.25) is 0 Å². The predicted molar refractivity (Wildman–Crippen MR) is 114 cm³/mol. The molecule has 3 rings (SSSR count). The van der Waals surface area contributed by atoms with Crippen molar-refractivity contribution in [2.45, 2.75) is 37.9 Å². The summed E-state index contributed by atoms with van der Waals surface area (Å²) in [6.45, 7) is 2.75. The van der Waals surface area contributed by atoms with Gasteiger partial charge in [0.05, 0.1) is 22.3 Å². The molecule has 0 spiro atoms. The molecule has 0 saturated heterocycles. The lowest BCUT2D eigenvalue weighted by Gasteiger charge is -2.13. The second-order valence-corrected chi connectivity index (χ2v) is 8.29. The molecule has 0 atom stereocenters. The number of carbonyl (C=O) groups excluding carboxylic acids is 1. The van der Waals surface area contributed by atoms with Crippen molar-refractivity contribution in [3.63, 3.8) is 0 Å². The summed E-state index contributed by atoms with van der Waals surface area (Å²) in [6.07, 6.45) is 4.90. The van der Waals surface area contributed by atoms with Crippen LogP contribution in [0.5, 0.6) is 0 Å². The molecule has 7 heteroatoms. The van der Waals surface area contributed by atoms with E-state index in [-0.39, 0.29) is 17.1 Å². The van der Waals surface area contributed by atoms with Crippen LogP contribution in [-0.4, -0.2) is 25.7 Å². The molecule has 2 heterocycles. The fourth-order valence-corrected chi connectivity index (χ4v) is 4.22. The van der Waals surface area contributed by atoms with Crippen molar-refractivity contribution in [1.82, 2.24) is 14.1 Å². The number of carbonyl (C=O) groups is 1. The summed E-state index contributed by atoms with van der Waals surface area (Å²) >= 11 is 4.75. The summed E-state index contributed by atoms with van der Waals surface area (Å²) in [5, 5.41) is 1.20. The number of fused-ring (bicyclic) bond motifs is 1. The van der Waals surface area contributed by atoms with Crippen molar-refractivity contribution >= 4 is 44.4 Å². The summed E-state index contributed by atoms with van der Waals surface area (Å²) < 4.78 is 4.38. The average molecular weight is 448 g/mol. The van der Waals surface area contributed by atoms with Crippen LogP contribution in [0.15, 0.2) is 51.0 Å². The Kier molecular flexibility index (Phi) is 6.55. The molecule has 0 saturated carbocycles. The highest BCUT2D eigenvalue weighted by molar-refractivity contribution is 9.10. The average Bonchev–Trinajstić information content (AvgIpc) is 3.08. The van der Waals surface area contributed by atoms with Crippen molar-refractivity contribution < 1.29 is 4.79 Å². The Bertz CT molecular complexity index is 1030. The second kappa shape index (κ2) is 8.89. The fraction of sp³-hybridized carbons (Fsp3) is 0.350. The molecule has 2 aromatic heterocycles. The highest BCUT2D eigenvalue weighted by Gasteiger charge is 2.15. The number of halogens is 1. The molecule has 0 radical (unpaired) electrons. The lowest BCUT2D eigenvalue weighted by molar-refractivity contribution is 0.101. The van der Waals surface area contributed by atoms with E-state index < -0.39 is 0 Å². The number of Topliss-reactive ketones (excluding diaryl/α,β-unsaturated/α-hetero) is 1. The van der Waals surface area contributed by atoms with Gasteiger partial charge < -0.3 is 4.57 Å². The molecule has 27 heavy (non-hydrogen) atoms. The van der Waals surface area contributed by atoms with Crippen LogP contribution in [0.3, 0.4) is 0 Å². The number of ketones is 1. The number of hydrogen-bond donors (Lipinski definition) is 0. The van der Waals surface area contributed by atoms with Gasteiger partial charge in [0.15, 0.2) is 10.9 Å². The third-order valence-corrected chi connectivity index (χ3v) is 5.90. The van der Waals surface area contributed by atoms with Gasteiger partial charge >= 0.3 is 0 Å². The molecule has 0 unspecified atom stereocenters. The molecule has 142 valence electrons.